The lowest BCUT2D eigenvalue weighted by atomic mass is 10.1. The van der Waals surface area contributed by atoms with Crippen molar-refractivity contribution in [3.05, 3.63) is 34.3 Å². The van der Waals surface area contributed by atoms with E-state index in [0.29, 0.717) is 0 Å². The van der Waals surface area contributed by atoms with Gasteiger partial charge in [-0.15, -0.1) is 0 Å². The molecule has 1 heterocycles. The Hall–Kier alpha value is -1.96. The monoisotopic (exact) mass is 336 g/mol. The first-order chi connectivity index (χ1) is 10.2. The molecule has 120 valence electrons. The summed E-state index contributed by atoms with van der Waals surface area (Å²) < 4.78 is 42.9. The number of cyclic esters (lactones) is 1. The van der Waals surface area contributed by atoms with E-state index in [1.165, 1.54) is 19.2 Å². The lowest BCUT2D eigenvalue weighted by Crippen LogP contribution is -2.43. The van der Waals surface area contributed by atoms with Gasteiger partial charge in [-0.05, 0) is 11.6 Å². The summed E-state index contributed by atoms with van der Waals surface area (Å²) in [5.41, 5.74) is -0.824. The van der Waals surface area contributed by atoms with E-state index < -0.39 is 34.8 Å². The van der Waals surface area contributed by atoms with Gasteiger partial charge >= 0.3 is 12.3 Å². The van der Waals surface area contributed by atoms with Gasteiger partial charge in [-0.2, -0.15) is 13.2 Å². The summed E-state index contributed by atoms with van der Waals surface area (Å²) in [6, 6.07) is 2.66. The normalized spacial score (nSPS) is 18.3. The van der Waals surface area contributed by atoms with Gasteiger partial charge < -0.3 is 10.1 Å². The van der Waals surface area contributed by atoms with Crippen molar-refractivity contribution in [3.8, 4) is 0 Å². The Kier molecular flexibility index (Phi) is 4.50. The molecule has 2 amide bonds. The van der Waals surface area contributed by atoms with Gasteiger partial charge in [-0.1, -0.05) is 23.7 Å². The highest BCUT2D eigenvalue weighted by Crippen LogP contribution is 2.36. The fourth-order valence-corrected chi connectivity index (χ4v) is 2.28. The molecule has 0 aliphatic carbocycles. The number of amides is 2. The molecule has 0 aromatic heterocycles. The fraction of sp³-hybridized carbons (Fsp3) is 0.385. The molecule has 0 bridgehead atoms. The minimum Gasteiger partial charge on any atom is -0.447 e. The van der Waals surface area contributed by atoms with Crippen molar-refractivity contribution in [2.45, 2.75) is 18.8 Å². The van der Waals surface area contributed by atoms with Gasteiger partial charge in [0.05, 0.1) is 10.6 Å². The molecule has 1 aromatic carbocycles. The molecule has 0 saturated carbocycles. The van der Waals surface area contributed by atoms with Crippen LogP contribution < -0.4 is 5.32 Å². The lowest BCUT2D eigenvalue weighted by molar-refractivity contribution is -0.137. The molecular weight excluding hydrogens is 325 g/mol. The Labute approximate surface area is 129 Å². The predicted octanol–water partition coefficient (Wildman–Crippen LogP) is 2.43. The standard InChI is InChI=1S/C13H12ClF3N2O3/c1-19-9(6-22-12(19)21)11(20)18-5-7-3-2-4-8(10(7)14)13(15,16)17/h2-4,9H,5-6H2,1H3,(H,18,20)/t9-/m0/s1. The highest BCUT2D eigenvalue weighted by Gasteiger charge is 2.36. The average molecular weight is 337 g/mol. The number of ether oxygens (including phenoxy) is 1. The second kappa shape index (κ2) is 6.04. The summed E-state index contributed by atoms with van der Waals surface area (Å²) >= 11 is 5.73. The quantitative estimate of drug-likeness (QED) is 0.922. The van der Waals surface area contributed by atoms with Crippen molar-refractivity contribution >= 4 is 23.6 Å². The number of nitrogens with one attached hydrogen (secondary N) is 1. The number of alkyl halides is 3. The SMILES string of the molecule is CN1C(=O)OC[C@H]1C(=O)NCc1cccc(C(F)(F)F)c1Cl. The third-order valence-electron chi connectivity index (χ3n) is 3.26. The maximum absolute atomic E-state index is 12.7. The smallest absolute Gasteiger partial charge is 0.417 e. The van der Waals surface area contributed by atoms with Crippen molar-refractivity contribution in [1.29, 1.82) is 0 Å². The summed E-state index contributed by atoms with van der Waals surface area (Å²) in [5.74, 6) is -0.526. The van der Waals surface area contributed by atoms with Crippen LogP contribution in [0.25, 0.3) is 0 Å². The Balaban J connectivity index is 2.06. The summed E-state index contributed by atoms with van der Waals surface area (Å²) in [6.45, 7) is -0.280. The zero-order chi connectivity index (χ0) is 16.5. The molecule has 1 saturated heterocycles. The molecule has 0 spiro atoms. The number of benzene rings is 1. The van der Waals surface area contributed by atoms with E-state index in [1.807, 2.05) is 0 Å². The predicted molar refractivity (Wildman–Crippen MR) is 71.2 cm³/mol. The third-order valence-corrected chi connectivity index (χ3v) is 3.71. The van der Waals surface area contributed by atoms with Gasteiger partial charge in [0.25, 0.3) is 0 Å². The first-order valence-electron chi connectivity index (χ1n) is 6.23. The first-order valence-corrected chi connectivity index (χ1v) is 6.61. The molecule has 22 heavy (non-hydrogen) atoms. The van der Waals surface area contributed by atoms with Crippen LogP contribution in [0.5, 0.6) is 0 Å². The number of rotatable bonds is 3. The minimum absolute atomic E-state index is 0.0997. The second-order valence-electron chi connectivity index (χ2n) is 4.70. The number of nitrogens with zero attached hydrogens (tertiary/aromatic N) is 1. The lowest BCUT2D eigenvalue weighted by Gasteiger charge is -2.17. The van der Waals surface area contributed by atoms with Crippen molar-refractivity contribution in [2.24, 2.45) is 0 Å². The van der Waals surface area contributed by atoms with E-state index >= 15 is 0 Å². The number of carbonyl (C=O) groups excluding carboxylic acids is 2. The number of carbonyl (C=O) groups is 2. The van der Waals surface area contributed by atoms with Crippen LogP contribution in [0.1, 0.15) is 11.1 Å². The van der Waals surface area contributed by atoms with E-state index in [2.05, 4.69) is 10.1 Å². The van der Waals surface area contributed by atoms with Crippen LogP contribution in [0.2, 0.25) is 5.02 Å². The number of halogens is 4. The summed E-state index contributed by atoms with van der Waals surface area (Å²) in [5, 5.41) is 1.99. The molecule has 1 N–H and O–H groups in total. The van der Waals surface area contributed by atoms with Crippen LogP contribution in [0.15, 0.2) is 18.2 Å². The largest absolute Gasteiger partial charge is 0.447 e. The summed E-state index contributed by atoms with van der Waals surface area (Å²) in [7, 11) is 1.40. The molecule has 5 nitrogen and oxygen atoms in total. The van der Waals surface area contributed by atoms with Gasteiger partial charge in [-0.25, -0.2) is 4.79 Å². The van der Waals surface area contributed by atoms with Gasteiger partial charge in [0.2, 0.25) is 5.91 Å². The maximum Gasteiger partial charge on any atom is 0.417 e. The number of likely N-dealkylation sites (N-methyl/N-ethyl adjacent to an activating group) is 1. The Morgan fingerprint density at radius 1 is 1.50 bits per heavy atom. The Morgan fingerprint density at radius 2 is 2.18 bits per heavy atom. The van der Waals surface area contributed by atoms with E-state index in [0.717, 1.165) is 11.0 Å². The van der Waals surface area contributed by atoms with E-state index in [1.54, 1.807) is 0 Å². The van der Waals surface area contributed by atoms with Crippen LogP contribution in [-0.2, 0) is 22.3 Å². The first kappa shape index (κ1) is 16.4. The molecule has 1 fully saturated rings. The number of hydrogen-bond donors (Lipinski definition) is 1. The molecule has 1 aliphatic heterocycles. The van der Waals surface area contributed by atoms with Crippen LogP contribution in [0.4, 0.5) is 18.0 Å². The van der Waals surface area contributed by atoms with Crippen LogP contribution in [0, 0.1) is 0 Å². The second-order valence-corrected chi connectivity index (χ2v) is 5.08. The molecule has 9 heteroatoms. The van der Waals surface area contributed by atoms with Gasteiger partial charge in [0.15, 0.2) is 0 Å². The molecule has 1 aliphatic rings. The summed E-state index contributed by atoms with van der Waals surface area (Å²) in [4.78, 5) is 24.2. The maximum atomic E-state index is 12.7. The van der Waals surface area contributed by atoms with Crippen molar-refractivity contribution < 1.29 is 27.5 Å². The van der Waals surface area contributed by atoms with Crippen LogP contribution in [0.3, 0.4) is 0 Å². The minimum atomic E-state index is -4.57. The fourth-order valence-electron chi connectivity index (χ4n) is 1.98. The van der Waals surface area contributed by atoms with Crippen molar-refractivity contribution in [3.63, 3.8) is 0 Å². The van der Waals surface area contributed by atoms with Crippen molar-refractivity contribution in [1.82, 2.24) is 10.2 Å². The van der Waals surface area contributed by atoms with E-state index in [9.17, 15) is 22.8 Å². The zero-order valence-corrected chi connectivity index (χ0v) is 12.2. The Bertz CT molecular complexity index is 607. The molecule has 2 rings (SSSR count). The van der Waals surface area contributed by atoms with E-state index in [-0.39, 0.29) is 18.7 Å². The molecule has 0 radical (unpaired) electrons. The highest BCUT2D eigenvalue weighted by atomic mass is 35.5. The van der Waals surface area contributed by atoms with Gasteiger partial charge in [-0.3, -0.25) is 9.69 Å². The highest BCUT2D eigenvalue weighted by molar-refractivity contribution is 6.32. The Morgan fingerprint density at radius 3 is 2.73 bits per heavy atom. The zero-order valence-electron chi connectivity index (χ0n) is 11.4. The molecule has 1 aromatic rings. The van der Waals surface area contributed by atoms with Gasteiger partial charge in [0.1, 0.15) is 12.6 Å². The average Bonchev–Trinajstić information content (AvgIpc) is 2.76. The third kappa shape index (κ3) is 3.27. The van der Waals surface area contributed by atoms with Crippen LogP contribution in [-0.4, -0.2) is 36.6 Å². The van der Waals surface area contributed by atoms with Crippen molar-refractivity contribution in [2.75, 3.05) is 13.7 Å². The van der Waals surface area contributed by atoms with Crippen LogP contribution >= 0.6 is 11.6 Å². The number of hydrogen-bond acceptors (Lipinski definition) is 3. The molecule has 0 unspecified atom stereocenters. The van der Waals surface area contributed by atoms with E-state index in [4.69, 9.17) is 11.6 Å². The topological polar surface area (TPSA) is 58.6 Å². The van der Waals surface area contributed by atoms with Gasteiger partial charge in [0, 0.05) is 13.6 Å². The molecule has 1 atom stereocenters. The molecular formula is C13H12ClF3N2O3. The summed E-state index contributed by atoms with van der Waals surface area (Å²) in [6.07, 6.45) is -5.19.